The molecule has 0 radical (unpaired) electrons. The number of para-hydroxylation sites is 1. The van der Waals surface area contributed by atoms with Gasteiger partial charge in [0.2, 0.25) is 0 Å². The number of carbonyl (C=O) groups excluding carboxylic acids is 3. The van der Waals surface area contributed by atoms with E-state index in [2.05, 4.69) is 10.2 Å². The quantitative estimate of drug-likeness (QED) is 0.395. The molecule has 0 aromatic heterocycles. The van der Waals surface area contributed by atoms with Crippen molar-refractivity contribution in [3.05, 3.63) is 58.1 Å². The van der Waals surface area contributed by atoms with Crippen LogP contribution in [0.2, 0.25) is 5.02 Å². The number of hydrogen-bond donors (Lipinski definition) is 2. The van der Waals surface area contributed by atoms with Crippen LogP contribution in [-0.4, -0.2) is 102 Å². The summed E-state index contributed by atoms with van der Waals surface area (Å²) in [4.78, 5) is 47.5. The third-order valence-corrected chi connectivity index (χ3v) is 9.95. The highest BCUT2D eigenvalue weighted by Gasteiger charge is 2.38. The van der Waals surface area contributed by atoms with Gasteiger partial charge in [-0.05, 0) is 67.3 Å². The zero-order valence-corrected chi connectivity index (χ0v) is 26.9. The van der Waals surface area contributed by atoms with E-state index in [-0.39, 0.29) is 29.1 Å². The molecule has 10 nitrogen and oxygen atoms in total. The highest BCUT2D eigenvalue weighted by molar-refractivity contribution is 6.33. The summed E-state index contributed by atoms with van der Waals surface area (Å²) in [6.45, 7) is 4.36. The van der Waals surface area contributed by atoms with Crippen LogP contribution in [0.3, 0.4) is 0 Å². The van der Waals surface area contributed by atoms with Gasteiger partial charge in [-0.25, -0.2) is 9.59 Å². The van der Waals surface area contributed by atoms with Gasteiger partial charge in [-0.1, -0.05) is 29.8 Å². The summed E-state index contributed by atoms with van der Waals surface area (Å²) in [5.74, 6) is 0.250. The molecule has 3 N–H and O–H groups in total. The molecule has 1 saturated carbocycles. The molecule has 3 heterocycles. The Morgan fingerprint density at radius 2 is 1.68 bits per heavy atom. The molecule has 1 aliphatic carbocycles. The van der Waals surface area contributed by atoms with Gasteiger partial charge in [-0.3, -0.25) is 9.69 Å². The summed E-state index contributed by atoms with van der Waals surface area (Å²) < 4.78 is 47.0. The number of hydrogen-bond acceptors (Lipinski definition) is 6. The lowest BCUT2D eigenvalue weighted by Crippen LogP contribution is -2.54. The molecule has 254 valence electrons. The fourth-order valence-corrected chi connectivity index (χ4v) is 6.98. The number of likely N-dealkylation sites (tertiary alicyclic amines) is 1. The van der Waals surface area contributed by atoms with E-state index in [0.29, 0.717) is 71.0 Å². The largest absolute Gasteiger partial charge is 0.436 e. The van der Waals surface area contributed by atoms with Crippen molar-refractivity contribution < 1.29 is 32.3 Å². The molecule has 1 atom stereocenters. The number of nitrogen functional groups attached to an aromatic ring is 1. The molecule has 3 fully saturated rings. The number of anilines is 2. The Morgan fingerprint density at radius 3 is 2.36 bits per heavy atom. The van der Waals surface area contributed by atoms with Crippen LogP contribution >= 0.6 is 11.6 Å². The lowest BCUT2D eigenvalue weighted by atomic mass is 10.0. The molecule has 14 heteroatoms. The average Bonchev–Trinajstić information content (AvgIpc) is 3.88. The lowest BCUT2D eigenvalue weighted by molar-refractivity contribution is -0.142. The highest BCUT2D eigenvalue weighted by Crippen LogP contribution is 2.38. The monoisotopic (exact) mass is 676 g/mol. The number of nitrogens with two attached hydrogens (primary N) is 1. The number of rotatable bonds is 7. The SMILES string of the molecule is Nc1c(Cl)cc(C[C@@H](OC(=O)N2CCC(N3CCc4ccccc4NC3=O)CC2)C(=O)N2CCN(CC3CC3)CC2)cc1C(F)(F)F. The van der Waals surface area contributed by atoms with Crippen molar-refractivity contribution in [1.82, 2.24) is 19.6 Å². The van der Waals surface area contributed by atoms with Gasteiger partial charge in [-0.15, -0.1) is 0 Å². The van der Waals surface area contributed by atoms with Gasteiger partial charge >= 0.3 is 18.3 Å². The maximum Gasteiger partial charge on any atom is 0.418 e. The van der Waals surface area contributed by atoms with Crippen LogP contribution in [0, 0.1) is 5.92 Å². The zero-order valence-electron chi connectivity index (χ0n) is 26.1. The number of piperidine rings is 1. The Labute approximate surface area is 276 Å². The molecule has 2 saturated heterocycles. The van der Waals surface area contributed by atoms with Crippen LogP contribution in [0.4, 0.5) is 34.1 Å². The number of amides is 4. The number of benzene rings is 2. The van der Waals surface area contributed by atoms with E-state index in [0.717, 1.165) is 23.9 Å². The lowest BCUT2D eigenvalue weighted by Gasteiger charge is -2.38. The van der Waals surface area contributed by atoms with Crippen molar-refractivity contribution in [1.29, 1.82) is 0 Å². The van der Waals surface area contributed by atoms with E-state index in [9.17, 15) is 27.6 Å². The van der Waals surface area contributed by atoms with Crippen LogP contribution in [0.15, 0.2) is 36.4 Å². The normalized spacial score (nSPS) is 20.3. The van der Waals surface area contributed by atoms with Crippen molar-refractivity contribution in [3.8, 4) is 0 Å². The van der Waals surface area contributed by atoms with Gasteiger partial charge in [-0.2, -0.15) is 13.2 Å². The van der Waals surface area contributed by atoms with Crippen molar-refractivity contribution in [2.45, 2.75) is 56.8 Å². The minimum Gasteiger partial charge on any atom is -0.436 e. The van der Waals surface area contributed by atoms with Crippen molar-refractivity contribution in [2.24, 2.45) is 5.92 Å². The molecule has 0 bridgehead atoms. The van der Waals surface area contributed by atoms with Gasteiger partial charge in [0.05, 0.1) is 16.3 Å². The first kappa shape index (κ1) is 33.2. The number of nitrogens with one attached hydrogen (secondary N) is 1. The van der Waals surface area contributed by atoms with Gasteiger partial charge in [0, 0.05) is 70.5 Å². The second kappa shape index (κ2) is 13.8. The van der Waals surface area contributed by atoms with Crippen LogP contribution in [0.1, 0.15) is 42.4 Å². The smallest absolute Gasteiger partial charge is 0.418 e. The molecule has 2 aromatic rings. The summed E-state index contributed by atoms with van der Waals surface area (Å²) in [5.41, 5.74) is 5.87. The van der Waals surface area contributed by atoms with E-state index >= 15 is 0 Å². The predicted octanol–water partition coefficient (Wildman–Crippen LogP) is 5.10. The molecule has 2 aromatic carbocycles. The Bertz CT molecular complexity index is 1490. The maximum atomic E-state index is 13.8. The number of alkyl halides is 3. The van der Waals surface area contributed by atoms with Crippen molar-refractivity contribution >= 4 is 41.0 Å². The fourth-order valence-electron chi connectivity index (χ4n) is 6.73. The number of carbonyl (C=O) groups is 3. The number of halogens is 4. The first-order valence-corrected chi connectivity index (χ1v) is 16.6. The van der Waals surface area contributed by atoms with Crippen LogP contribution in [-0.2, 0) is 28.5 Å². The summed E-state index contributed by atoms with van der Waals surface area (Å²) >= 11 is 6.08. The summed E-state index contributed by atoms with van der Waals surface area (Å²) in [7, 11) is 0. The summed E-state index contributed by atoms with van der Waals surface area (Å²) in [6, 6.07) is 9.56. The molecule has 4 aliphatic rings. The van der Waals surface area contributed by atoms with E-state index in [1.165, 1.54) is 23.8 Å². The molecule has 4 amide bonds. The standard InChI is InChI=1S/C33H40ClF3N6O4/c34-26-18-22(17-25(29(26)38)33(35,36)37)19-28(30(44)41-15-13-40(14-16-41)20-21-5-6-21)47-32(46)42-10-8-24(9-11-42)43-12-7-23-3-1-2-4-27(23)39-31(43)45/h1-4,17-18,21,24,28H,5-16,19-20,38H2,(H,39,45)/t28-/m1/s1. The average molecular weight is 677 g/mol. The molecule has 3 aliphatic heterocycles. The maximum absolute atomic E-state index is 13.8. The second-order valence-electron chi connectivity index (χ2n) is 12.9. The topological polar surface area (TPSA) is 111 Å². The minimum absolute atomic E-state index is 0.0851. The Balaban J connectivity index is 1.12. The number of urea groups is 1. The number of ether oxygens (including phenoxy) is 1. The van der Waals surface area contributed by atoms with Crippen LogP contribution in [0.25, 0.3) is 0 Å². The Morgan fingerprint density at radius 1 is 0.979 bits per heavy atom. The molecule has 6 rings (SSSR count). The predicted molar refractivity (Wildman–Crippen MR) is 171 cm³/mol. The molecule has 0 spiro atoms. The first-order chi connectivity index (χ1) is 22.5. The Kier molecular flexibility index (Phi) is 9.75. The molecular formula is C33H40ClF3N6O4. The summed E-state index contributed by atoms with van der Waals surface area (Å²) in [6.07, 6.45) is -2.94. The van der Waals surface area contributed by atoms with Gasteiger partial charge in [0.1, 0.15) is 0 Å². The Hall–Kier alpha value is -3.71. The highest BCUT2D eigenvalue weighted by atomic mass is 35.5. The number of nitrogens with zero attached hydrogens (tertiary/aromatic N) is 4. The zero-order chi connectivity index (χ0) is 33.3. The fraction of sp³-hybridized carbons (Fsp3) is 0.545. The first-order valence-electron chi connectivity index (χ1n) is 16.2. The van der Waals surface area contributed by atoms with Gasteiger partial charge in [0.15, 0.2) is 6.10 Å². The van der Waals surface area contributed by atoms with E-state index < -0.39 is 35.5 Å². The summed E-state index contributed by atoms with van der Waals surface area (Å²) in [5, 5.41) is 2.69. The van der Waals surface area contributed by atoms with Gasteiger partial charge in [0.25, 0.3) is 5.91 Å². The molecule has 0 unspecified atom stereocenters. The second-order valence-corrected chi connectivity index (χ2v) is 13.3. The van der Waals surface area contributed by atoms with Crippen molar-refractivity contribution in [3.63, 3.8) is 0 Å². The van der Waals surface area contributed by atoms with Crippen LogP contribution in [0.5, 0.6) is 0 Å². The number of piperazine rings is 1. The minimum atomic E-state index is -4.75. The van der Waals surface area contributed by atoms with Crippen molar-refractivity contribution in [2.75, 3.05) is 63.4 Å². The van der Waals surface area contributed by atoms with E-state index in [1.54, 1.807) is 9.80 Å². The van der Waals surface area contributed by atoms with E-state index in [1.807, 2.05) is 24.3 Å². The molecular weight excluding hydrogens is 637 g/mol. The molecule has 47 heavy (non-hydrogen) atoms. The van der Waals surface area contributed by atoms with Gasteiger partial charge < -0.3 is 30.5 Å². The number of fused-ring (bicyclic) bond motifs is 1. The third-order valence-electron chi connectivity index (χ3n) is 9.64. The third kappa shape index (κ3) is 7.89. The van der Waals surface area contributed by atoms with E-state index in [4.69, 9.17) is 22.1 Å². The van der Waals surface area contributed by atoms with Crippen LogP contribution < -0.4 is 11.1 Å².